The molecule has 0 radical (unpaired) electrons. The average molecular weight is 336 g/mol. The van der Waals surface area contributed by atoms with E-state index in [4.69, 9.17) is 10.5 Å². The molecule has 0 heterocycles. The number of nitrogens with two attached hydrogens (primary N) is 1. The largest absolute Gasteiger partial charge is 0.455 e. The molecule has 4 saturated carbocycles. The second-order valence-corrected chi connectivity index (χ2v) is 8.09. The van der Waals surface area contributed by atoms with Gasteiger partial charge in [0.25, 0.3) is 0 Å². The third-order valence-corrected chi connectivity index (χ3v) is 6.10. The molecule has 6 heteroatoms. The summed E-state index contributed by atoms with van der Waals surface area (Å²) >= 11 is 0. The molecule has 3 N–H and O–H groups in total. The van der Waals surface area contributed by atoms with Crippen molar-refractivity contribution in [1.29, 1.82) is 0 Å². The summed E-state index contributed by atoms with van der Waals surface area (Å²) in [6.45, 7) is 2.04. The van der Waals surface area contributed by atoms with Crippen molar-refractivity contribution in [3.63, 3.8) is 0 Å². The summed E-state index contributed by atoms with van der Waals surface area (Å²) in [6, 6.07) is -0.603. The molecule has 4 fully saturated rings. The zero-order valence-corrected chi connectivity index (χ0v) is 14.4. The van der Waals surface area contributed by atoms with E-state index in [1.165, 1.54) is 19.3 Å². The molecule has 0 aromatic heterocycles. The van der Waals surface area contributed by atoms with Crippen molar-refractivity contribution in [3.8, 4) is 0 Å². The zero-order chi connectivity index (χ0) is 17.3. The van der Waals surface area contributed by atoms with Gasteiger partial charge in [-0.2, -0.15) is 0 Å². The molecule has 24 heavy (non-hydrogen) atoms. The Morgan fingerprint density at radius 1 is 1.12 bits per heavy atom. The fourth-order valence-electron chi connectivity index (χ4n) is 5.60. The lowest BCUT2D eigenvalue weighted by Gasteiger charge is -2.56. The molecule has 0 saturated heterocycles. The first-order chi connectivity index (χ1) is 11.4. The second kappa shape index (κ2) is 6.73. The van der Waals surface area contributed by atoms with E-state index in [1.54, 1.807) is 6.92 Å². The number of amides is 2. The van der Waals surface area contributed by atoms with Gasteiger partial charge in [0.05, 0.1) is 0 Å². The maximum atomic E-state index is 13.0. The molecule has 6 nitrogen and oxygen atoms in total. The first-order valence-electron chi connectivity index (χ1n) is 9.15. The smallest absolute Gasteiger partial charge is 0.312 e. The van der Waals surface area contributed by atoms with Crippen LogP contribution in [0.4, 0.5) is 4.79 Å². The predicted octanol–water partition coefficient (Wildman–Crippen LogP) is 2.15. The quantitative estimate of drug-likeness (QED) is 0.550. The number of nitrogens with one attached hydrogen (secondary N) is 1. The molecule has 0 aliphatic heterocycles. The molecule has 4 bridgehead atoms. The molecule has 0 spiro atoms. The fourth-order valence-corrected chi connectivity index (χ4v) is 5.60. The fraction of sp³-hybridized carbons (Fsp3) is 0.833. The first kappa shape index (κ1) is 17.2. The Kier molecular flexibility index (Phi) is 4.83. The maximum Gasteiger partial charge on any atom is 0.312 e. The van der Waals surface area contributed by atoms with Crippen LogP contribution in [0.1, 0.15) is 58.3 Å². The lowest BCUT2D eigenvalue weighted by molar-refractivity contribution is -0.165. The Morgan fingerprint density at radius 3 is 2.17 bits per heavy atom. The van der Waals surface area contributed by atoms with Crippen LogP contribution in [0.3, 0.4) is 0 Å². The van der Waals surface area contributed by atoms with Crippen molar-refractivity contribution in [2.24, 2.45) is 28.9 Å². The Balaban J connectivity index is 1.50. The van der Waals surface area contributed by atoms with Gasteiger partial charge in [-0.1, -0.05) is 0 Å². The number of primary amides is 1. The number of esters is 1. The molecule has 0 aromatic rings. The van der Waals surface area contributed by atoms with E-state index in [2.05, 4.69) is 5.32 Å². The number of rotatable bonds is 7. The van der Waals surface area contributed by atoms with E-state index in [9.17, 15) is 14.4 Å². The van der Waals surface area contributed by atoms with Gasteiger partial charge in [-0.25, -0.2) is 4.79 Å². The number of carbonyl (C=O) groups excluding carboxylic acids is 3. The van der Waals surface area contributed by atoms with Crippen LogP contribution in [-0.2, 0) is 14.3 Å². The molecular formula is C18H28N2O4. The van der Waals surface area contributed by atoms with E-state index in [-0.39, 0.29) is 23.6 Å². The SMILES string of the molecule is CC(OC(=O)CCCNC(N)=O)C(=O)C12CC3CC(CC(C3)C1)C2. The van der Waals surface area contributed by atoms with Crippen LogP contribution in [-0.4, -0.2) is 30.4 Å². The summed E-state index contributed by atoms with van der Waals surface area (Å²) in [5.41, 5.74) is 4.73. The zero-order valence-electron chi connectivity index (χ0n) is 14.4. The lowest BCUT2D eigenvalue weighted by atomic mass is 9.48. The molecule has 4 rings (SSSR count). The van der Waals surface area contributed by atoms with E-state index in [0.717, 1.165) is 19.3 Å². The van der Waals surface area contributed by atoms with E-state index in [1.807, 2.05) is 0 Å². The van der Waals surface area contributed by atoms with Crippen LogP contribution in [0.2, 0.25) is 0 Å². The minimum absolute atomic E-state index is 0.130. The van der Waals surface area contributed by atoms with Crippen LogP contribution in [0.5, 0.6) is 0 Å². The Hall–Kier alpha value is -1.59. The van der Waals surface area contributed by atoms with Crippen LogP contribution in [0, 0.1) is 23.2 Å². The number of ketones is 1. The van der Waals surface area contributed by atoms with Gasteiger partial charge in [-0.05, 0) is 69.6 Å². The van der Waals surface area contributed by atoms with Crippen molar-refractivity contribution in [1.82, 2.24) is 5.32 Å². The summed E-state index contributed by atoms with van der Waals surface area (Å²) < 4.78 is 5.38. The number of carbonyl (C=O) groups is 3. The summed E-state index contributed by atoms with van der Waals surface area (Å²) in [5.74, 6) is 1.84. The molecule has 0 aromatic carbocycles. The number of Topliss-reactive ketones (excluding diaryl/α,β-unsaturated/α-hetero) is 1. The number of ether oxygens (including phenoxy) is 1. The van der Waals surface area contributed by atoms with Gasteiger partial charge >= 0.3 is 12.0 Å². The van der Waals surface area contributed by atoms with E-state index >= 15 is 0 Å². The van der Waals surface area contributed by atoms with Gasteiger partial charge in [-0.15, -0.1) is 0 Å². The number of urea groups is 1. The highest BCUT2D eigenvalue weighted by Crippen LogP contribution is 2.60. The molecule has 1 atom stereocenters. The minimum Gasteiger partial charge on any atom is -0.455 e. The van der Waals surface area contributed by atoms with Crippen molar-refractivity contribution in [3.05, 3.63) is 0 Å². The topological polar surface area (TPSA) is 98.5 Å². The summed E-state index contributed by atoms with van der Waals surface area (Å²) in [5, 5.41) is 2.43. The van der Waals surface area contributed by atoms with E-state index < -0.39 is 12.1 Å². The normalized spacial score (nSPS) is 34.6. The lowest BCUT2D eigenvalue weighted by Crippen LogP contribution is -2.52. The molecule has 4 aliphatic carbocycles. The third-order valence-electron chi connectivity index (χ3n) is 6.10. The van der Waals surface area contributed by atoms with Gasteiger partial charge in [0.15, 0.2) is 11.9 Å². The Bertz CT molecular complexity index is 496. The highest BCUT2D eigenvalue weighted by Gasteiger charge is 2.55. The summed E-state index contributed by atoms with van der Waals surface area (Å²) in [6.07, 6.45) is 6.79. The van der Waals surface area contributed by atoms with Crippen LogP contribution in [0.25, 0.3) is 0 Å². The molecular weight excluding hydrogens is 308 g/mol. The second-order valence-electron chi connectivity index (χ2n) is 8.09. The maximum absolute atomic E-state index is 13.0. The number of hydrogen-bond donors (Lipinski definition) is 2. The van der Waals surface area contributed by atoms with Crippen molar-refractivity contribution >= 4 is 17.8 Å². The van der Waals surface area contributed by atoms with Crippen molar-refractivity contribution in [2.45, 2.75) is 64.4 Å². The molecule has 4 aliphatic rings. The van der Waals surface area contributed by atoms with Gasteiger partial charge in [0.2, 0.25) is 0 Å². The van der Waals surface area contributed by atoms with E-state index in [0.29, 0.717) is 30.7 Å². The van der Waals surface area contributed by atoms with Crippen molar-refractivity contribution in [2.75, 3.05) is 6.54 Å². The van der Waals surface area contributed by atoms with Crippen LogP contribution in [0.15, 0.2) is 0 Å². The number of hydrogen-bond acceptors (Lipinski definition) is 4. The van der Waals surface area contributed by atoms with Gasteiger partial charge in [0.1, 0.15) is 0 Å². The monoisotopic (exact) mass is 336 g/mol. The standard InChI is InChI=1S/C18H28N2O4/c1-11(24-15(21)3-2-4-20-17(19)23)16(22)18-8-12-5-13(9-18)7-14(6-12)10-18/h11-14H,2-10H2,1H3,(H3,19,20,23). The van der Waals surface area contributed by atoms with Gasteiger partial charge in [0, 0.05) is 18.4 Å². The average Bonchev–Trinajstić information content (AvgIpc) is 2.49. The van der Waals surface area contributed by atoms with Crippen LogP contribution >= 0.6 is 0 Å². The Morgan fingerprint density at radius 2 is 1.67 bits per heavy atom. The van der Waals surface area contributed by atoms with Gasteiger partial charge in [-0.3, -0.25) is 9.59 Å². The first-order valence-corrected chi connectivity index (χ1v) is 9.15. The Labute approximate surface area is 142 Å². The third kappa shape index (κ3) is 3.57. The molecule has 2 amide bonds. The summed E-state index contributed by atoms with van der Waals surface area (Å²) in [4.78, 5) is 35.5. The highest BCUT2D eigenvalue weighted by molar-refractivity contribution is 5.90. The summed E-state index contributed by atoms with van der Waals surface area (Å²) in [7, 11) is 0. The molecule has 134 valence electrons. The van der Waals surface area contributed by atoms with Crippen molar-refractivity contribution < 1.29 is 19.1 Å². The van der Waals surface area contributed by atoms with Gasteiger partial charge < -0.3 is 15.8 Å². The minimum atomic E-state index is -0.669. The predicted molar refractivity (Wildman–Crippen MR) is 88.0 cm³/mol. The highest BCUT2D eigenvalue weighted by atomic mass is 16.5. The van der Waals surface area contributed by atoms with Crippen LogP contribution < -0.4 is 11.1 Å². The molecule has 1 unspecified atom stereocenters.